The van der Waals surface area contributed by atoms with E-state index >= 15 is 0 Å². The van der Waals surface area contributed by atoms with Gasteiger partial charge in [-0.2, -0.15) is 16.4 Å². The van der Waals surface area contributed by atoms with Crippen LogP contribution in [0.4, 0.5) is 0 Å². The number of aryl methyl sites for hydroxylation is 4. The van der Waals surface area contributed by atoms with Crippen molar-refractivity contribution in [1.82, 2.24) is 20.1 Å². The molecule has 0 aromatic carbocycles. The fourth-order valence-electron chi connectivity index (χ4n) is 2.75. The first-order valence-electron chi connectivity index (χ1n) is 8.25. The van der Waals surface area contributed by atoms with E-state index in [1.807, 2.05) is 36.9 Å². The second-order valence-electron chi connectivity index (χ2n) is 6.18. The van der Waals surface area contributed by atoms with Gasteiger partial charge in [0, 0.05) is 36.2 Å². The van der Waals surface area contributed by atoms with Crippen molar-refractivity contribution in [2.24, 2.45) is 0 Å². The van der Waals surface area contributed by atoms with E-state index in [1.54, 1.807) is 22.7 Å². The summed E-state index contributed by atoms with van der Waals surface area (Å²) in [5, 5.41) is 14.7. The lowest BCUT2D eigenvalue weighted by atomic mass is 10.1. The molecule has 0 saturated heterocycles. The third-order valence-electron chi connectivity index (χ3n) is 3.94. The molecule has 1 atom stereocenters. The molecule has 3 rings (SSSR count). The van der Waals surface area contributed by atoms with Gasteiger partial charge in [0.1, 0.15) is 5.01 Å². The lowest BCUT2D eigenvalue weighted by Gasteiger charge is -2.16. The minimum Gasteiger partial charge on any atom is -0.346 e. The van der Waals surface area contributed by atoms with Gasteiger partial charge in [0.05, 0.1) is 11.7 Å². The molecule has 0 unspecified atom stereocenters. The van der Waals surface area contributed by atoms with E-state index in [0.717, 1.165) is 28.5 Å². The van der Waals surface area contributed by atoms with Gasteiger partial charge in [-0.05, 0) is 49.2 Å². The molecule has 1 N–H and O–H groups in total. The monoisotopic (exact) mass is 374 g/mol. The predicted octanol–water partition coefficient (Wildman–Crippen LogP) is 3.82. The lowest BCUT2D eigenvalue weighted by molar-refractivity contribution is -0.122. The zero-order chi connectivity index (χ0) is 17.8. The fraction of sp³-hybridized carbons (Fsp3) is 0.389. The molecule has 0 aliphatic rings. The first kappa shape index (κ1) is 17.8. The third kappa shape index (κ3) is 4.76. The van der Waals surface area contributed by atoms with Gasteiger partial charge in [0.15, 0.2) is 0 Å². The number of nitrogens with zero attached hydrogens (tertiary/aromatic N) is 3. The van der Waals surface area contributed by atoms with E-state index in [1.165, 1.54) is 5.56 Å². The van der Waals surface area contributed by atoms with Crippen LogP contribution in [-0.4, -0.2) is 20.7 Å². The van der Waals surface area contributed by atoms with E-state index < -0.39 is 0 Å². The van der Waals surface area contributed by atoms with Crippen LogP contribution in [0.15, 0.2) is 28.3 Å². The molecular formula is C18H22N4OS2. The maximum atomic E-state index is 12.5. The van der Waals surface area contributed by atoms with Gasteiger partial charge in [-0.15, -0.1) is 11.3 Å². The van der Waals surface area contributed by atoms with Crippen LogP contribution in [0.3, 0.4) is 0 Å². The van der Waals surface area contributed by atoms with E-state index in [2.05, 4.69) is 32.2 Å². The molecule has 0 aliphatic carbocycles. The zero-order valence-corrected chi connectivity index (χ0v) is 16.3. The Labute approximate surface area is 155 Å². The van der Waals surface area contributed by atoms with Gasteiger partial charge in [-0.3, -0.25) is 9.48 Å². The molecule has 3 heterocycles. The SMILES string of the molecule is Cc1csc([C@H](Cc2ccsc2)NC(=O)CCn2nc(C)cc2C)n1. The van der Waals surface area contributed by atoms with Crippen LogP contribution in [0.5, 0.6) is 0 Å². The Bertz CT molecular complexity index is 835. The number of thiazole rings is 1. The second-order valence-corrected chi connectivity index (χ2v) is 7.85. The molecule has 3 aromatic heterocycles. The summed E-state index contributed by atoms with van der Waals surface area (Å²) in [6.45, 7) is 6.54. The average Bonchev–Trinajstić information content (AvgIpc) is 3.27. The molecule has 1 amide bonds. The number of rotatable bonds is 7. The Morgan fingerprint density at radius 1 is 1.28 bits per heavy atom. The van der Waals surface area contributed by atoms with Crippen molar-refractivity contribution in [2.45, 2.75) is 46.2 Å². The average molecular weight is 375 g/mol. The summed E-state index contributed by atoms with van der Waals surface area (Å²) in [6.07, 6.45) is 1.18. The van der Waals surface area contributed by atoms with Crippen LogP contribution in [0, 0.1) is 20.8 Å². The normalized spacial score (nSPS) is 12.3. The highest BCUT2D eigenvalue weighted by atomic mass is 32.1. The van der Waals surface area contributed by atoms with Crippen molar-refractivity contribution in [3.8, 4) is 0 Å². The summed E-state index contributed by atoms with van der Waals surface area (Å²) in [5.41, 5.74) is 4.27. The molecule has 0 radical (unpaired) electrons. The molecule has 3 aromatic rings. The molecule has 0 aliphatic heterocycles. The largest absolute Gasteiger partial charge is 0.346 e. The summed E-state index contributed by atoms with van der Waals surface area (Å²) < 4.78 is 1.89. The highest BCUT2D eigenvalue weighted by Gasteiger charge is 2.19. The van der Waals surface area contributed by atoms with Crippen molar-refractivity contribution < 1.29 is 4.79 Å². The molecule has 0 fully saturated rings. The number of thiophene rings is 1. The third-order valence-corrected chi connectivity index (χ3v) is 5.75. The van der Waals surface area contributed by atoms with Crippen molar-refractivity contribution in [3.63, 3.8) is 0 Å². The molecule has 5 nitrogen and oxygen atoms in total. The highest BCUT2D eigenvalue weighted by Crippen LogP contribution is 2.23. The summed E-state index contributed by atoms with van der Waals surface area (Å²) in [6, 6.07) is 4.04. The lowest BCUT2D eigenvalue weighted by Crippen LogP contribution is -2.30. The van der Waals surface area contributed by atoms with Gasteiger partial charge >= 0.3 is 0 Å². The minimum absolute atomic E-state index is 0.0284. The maximum absolute atomic E-state index is 12.5. The summed E-state index contributed by atoms with van der Waals surface area (Å²) in [4.78, 5) is 17.1. The molecule has 0 saturated carbocycles. The number of aromatic nitrogens is 3. The quantitative estimate of drug-likeness (QED) is 0.684. The smallest absolute Gasteiger partial charge is 0.222 e. The Balaban J connectivity index is 1.64. The maximum Gasteiger partial charge on any atom is 0.222 e. The number of carbonyl (C=O) groups excluding carboxylic acids is 1. The van der Waals surface area contributed by atoms with Crippen LogP contribution < -0.4 is 5.32 Å². The first-order valence-corrected chi connectivity index (χ1v) is 10.1. The highest BCUT2D eigenvalue weighted by molar-refractivity contribution is 7.09. The van der Waals surface area contributed by atoms with Crippen molar-refractivity contribution in [1.29, 1.82) is 0 Å². The van der Waals surface area contributed by atoms with Crippen LogP contribution in [0.1, 0.15) is 40.1 Å². The van der Waals surface area contributed by atoms with E-state index in [0.29, 0.717) is 13.0 Å². The van der Waals surface area contributed by atoms with Crippen LogP contribution in [-0.2, 0) is 17.8 Å². The molecule has 132 valence electrons. The van der Waals surface area contributed by atoms with E-state index in [9.17, 15) is 4.79 Å². The number of hydrogen-bond donors (Lipinski definition) is 1. The van der Waals surface area contributed by atoms with Crippen molar-refractivity contribution in [3.05, 3.63) is 55.9 Å². The van der Waals surface area contributed by atoms with Crippen LogP contribution in [0.2, 0.25) is 0 Å². The van der Waals surface area contributed by atoms with Crippen molar-refractivity contribution >= 4 is 28.6 Å². The number of nitrogens with one attached hydrogen (secondary N) is 1. The van der Waals surface area contributed by atoms with Gasteiger partial charge in [0.25, 0.3) is 0 Å². The first-order chi connectivity index (χ1) is 12.0. The molecule has 25 heavy (non-hydrogen) atoms. The molecule has 0 bridgehead atoms. The van der Waals surface area contributed by atoms with Crippen LogP contribution >= 0.6 is 22.7 Å². The number of amides is 1. The van der Waals surface area contributed by atoms with Crippen LogP contribution in [0.25, 0.3) is 0 Å². The minimum atomic E-state index is -0.0822. The Kier molecular flexibility index (Phi) is 5.65. The summed E-state index contributed by atoms with van der Waals surface area (Å²) in [5.74, 6) is 0.0284. The fourth-order valence-corrected chi connectivity index (χ4v) is 4.28. The standard InChI is InChI=1S/C18H22N4OS2/c1-12-8-14(3)22(21-12)6-4-17(23)20-16(9-15-5-7-24-11-15)18-19-13(2)10-25-18/h5,7-8,10-11,16H,4,6,9H2,1-3H3,(H,20,23)/t16-/m0/s1. The Morgan fingerprint density at radius 3 is 2.72 bits per heavy atom. The number of hydrogen-bond acceptors (Lipinski definition) is 5. The Hall–Kier alpha value is -1.99. The van der Waals surface area contributed by atoms with E-state index in [-0.39, 0.29) is 11.9 Å². The van der Waals surface area contributed by atoms with E-state index in [4.69, 9.17) is 0 Å². The van der Waals surface area contributed by atoms with Crippen molar-refractivity contribution in [2.75, 3.05) is 0 Å². The van der Waals surface area contributed by atoms with Gasteiger partial charge < -0.3 is 5.32 Å². The predicted molar refractivity (Wildman–Crippen MR) is 102 cm³/mol. The summed E-state index contributed by atoms with van der Waals surface area (Å²) in [7, 11) is 0. The molecular weight excluding hydrogens is 352 g/mol. The summed E-state index contributed by atoms with van der Waals surface area (Å²) >= 11 is 3.27. The van der Waals surface area contributed by atoms with Gasteiger partial charge in [0.2, 0.25) is 5.91 Å². The van der Waals surface area contributed by atoms with Gasteiger partial charge in [-0.1, -0.05) is 0 Å². The zero-order valence-electron chi connectivity index (χ0n) is 14.7. The number of carbonyl (C=O) groups is 1. The molecule has 7 heteroatoms. The second kappa shape index (κ2) is 7.93. The molecule has 0 spiro atoms. The topological polar surface area (TPSA) is 59.8 Å². The Morgan fingerprint density at radius 2 is 2.12 bits per heavy atom. The van der Waals surface area contributed by atoms with Gasteiger partial charge in [-0.25, -0.2) is 4.98 Å².